The van der Waals surface area contributed by atoms with E-state index in [0.29, 0.717) is 18.1 Å². The van der Waals surface area contributed by atoms with Crippen LogP contribution < -0.4 is 4.90 Å². The Labute approximate surface area is 241 Å². The predicted molar refractivity (Wildman–Crippen MR) is 167 cm³/mol. The van der Waals surface area contributed by atoms with Gasteiger partial charge in [0.2, 0.25) is 0 Å². The van der Waals surface area contributed by atoms with Crippen LogP contribution in [0.4, 0.5) is 5.69 Å². The summed E-state index contributed by atoms with van der Waals surface area (Å²) in [4.78, 5) is 21.3. The lowest BCUT2D eigenvalue weighted by Gasteiger charge is -2.46. The molecule has 0 bridgehead atoms. The van der Waals surface area contributed by atoms with Crippen LogP contribution in [-0.4, -0.2) is 54.9 Å². The molecule has 0 saturated carbocycles. The van der Waals surface area contributed by atoms with Crippen molar-refractivity contribution in [2.75, 3.05) is 44.2 Å². The van der Waals surface area contributed by atoms with Crippen molar-refractivity contribution in [2.24, 2.45) is 0 Å². The van der Waals surface area contributed by atoms with Gasteiger partial charge in [-0.15, -0.1) is 0 Å². The smallest absolute Gasteiger partial charge is 0.143 e. The number of piperidine rings is 1. The Morgan fingerprint density at radius 1 is 0.800 bits per heavy atom. The molecule has 4 nitrogen and oxygen atoms in total. The van der Waals surface area contributed by atoms with Gasteiger partial charge in [-0.25, -0.2) is 0 Å². The van der Waals surface area contributed by atoms with E-state index in [4.69, 9.17) is 0 Å². The van der Waals surface area contributed by atoms with Crippen LogP contribution in [0.15, 0.2) is 97.3 Å². The maximum absolute atomic E-state index is 14.0. The Bertz CT molecular complexity index is 1260. The van der Waals surface area contributed by atoms with E-state index in [-0.39, 0.29) is 0 Å². The van der Waals surface area contributed by atoms with E-state index in [1.54, 1.807) is 0 Å². The Balaban J connectivity index is 1.19. The van der Waals surface area contributed by atoms with Crippen molar-refractivity contribution in [3.8, 4) is 0 Å². The summed E-state index contributed by atoms with van der Waals surface area (Å²) in [5, 5.41) is 0. The molecule has 0 spiro atoms. The van der Waals surface area contributed by atoms with E-state index in [0.717, 1.165) is 70.8 Å². The lowest BCUT2D eigenvalue weighted by molar-refractivity contribution is -0.126. The van der Waals surface area contributed by atoms with E-state index >= 15 is 0 Å². The van der Waals surface area contributed by atoms with Crippen molar-refractivity contribution >= 4 is 11.5 Å². The third kappa shape index (κ3) is 6.11. The number of ketones is 1. The molecule has 3 aromatic carbocycles. The molecule has 2 aliphatic rings. The Morgan fingerprint density at radius 2 is 1.38 bits per heavy atom. The largest absolute Gasteiger partial charge is 0.368 e. The van der Waals surface area contributed by atoms with Gasteiger partial charge in [0.1, 0.15) is 5.78 Å². The molecule has 1 unspecified atom stereocenters. The molecule has 2 fully saturated rings. The van der Waals surface area contributed by atoms with Gasteiger partial charge in [-0.05, 0) is 61.3 Å². The normalized spacial score (nSPS) is 17.9. The second kappa shape index (κ2) is 12.8. The SMILES string of the molecule is C=C(N1CCN(c2ccccc2C)CC1)N1CCC(C(=O)CCCC(C)c2ccccc2)(c2ccccc2)CC1. The summed E-state index contributed by atoms with van der Waals surface area (Å²) in [7, 11) is 0. The highest BCUT2D eigenvalue weighted by molar-refractivity contribution is 5.90. The molecule has 0 amide bonds. The van der Waals surface area contributed by atoms with E-state index in [1.807, 2.05) is 0 Å². The summed E-state index contributed by atoms with van der Waals surface area (Å²) in [6.07, 6.45) is 4.33. The van der Waals surface area contributed by atoms with Gasteiger partial charge >= 0.3 is 0 Å². The maximum atomic E-state index is 14.0. The zero-order valence-electron chi connectivity index (χ0n) is 24.4. The molecule has 0 aliphatic carbocycles. The molecule has 210 valence electrons. The van der Waals surface area contributed by atoms with Gasteiger partial charge in [-0.3, -0.25) is 4.79 Å². The first kappa shape index (κ1) is 28.0. The van der Waals surface area contributed by atoms with E-state index in [2.05, 4.69) is 120 Å². The molecule has 0 N–H and O–H groups in total. The number of carbonyl (C=O) groups excluding carboxylic acids is 1. The average molecular weight is 536 g/mol. The third-order valence-corrected chi connectivity index (χ3v) is 9.35. The van der Waals surface area contributed by atoms with Gasteiger partial charge in [-0.1, -0.05) is 92.4 Å². The highest BCUT2D eigenvalue weighted by Crippen LogP contribution is 2.39. The molecular formula is C36H45N3O. The zero-order chi connectivity index (χ0) is 28.0. The van der Waals surface area contributed by atoms with Crippen molar-refractivity contribution in [2.45, 2.75) is 57.3 Å². The number of likely N-dealkylation sites (tertiary alicyclic amines) is 1. The molecule has 0 radical (unpaired) electrons. The third-order valence-electron chi connectivity index (χ3n) is 9.35. The van der Waals surface area contributed by atoms with Crippen LogP contribution in [0.5, 0.6) is 0 Å². The van der Waals surface area contributed by atoms with Crippen LogP contribution in [0.2, 0.25) is 0 Å². The van der Waals surface area contributed by atoms with Crippen molar-refractivity contribution in [1.82, 2.24) is 9.80 Å². The number of anilines is 1. The van der Waals surface area contributed by atoms with Gasteiger partial charge < -0.3 is 14.7 Å². The molecule has 0 aromatic heterocycles. The summed E-state index contributed by atoms with van der Waals surface area (Å²) in [6, 6.07) is 29.9. The lowest BCUT2D eigenvalue weighted by atomic mass is 9.68. The van der Waals surface area contributed by atoms with E-state index in [1.165, 1.54) is 22.4 Å². The van der Waals surface area contributed by atoms with Crippen molar-refractivity contribution in [3.63, 3.8) is 0 Å². The minimum absolute atomic E-state index is 0.391. The van der Waals surface area contributed by atoms with Crippen LogP contribution in [0.25, 0.3) is 0 Å². The first-order valence-electron chi connectivity index (χ1n) is 15.1. The van der Waals surface area contributed by atoms with E-state index < -0.39 is 5.41 Å². The molecule has 2 aliphatic heterocycles. The Hall–Kier alpha value is -3.53. The summed E-state index contributed by atoms with van der Waals surface area (Å²) < 4.78 is 0. The fourth-order valence-corrected chi connectivity index (χ4v) is 6.71. The quantitative estimate of drug-likeness (QED) is 0.275. The van der Waals surface area contributed by atoms with Gasteiger partial charge in [0.05, 0.1) is 11.2 Å². The Morgan fingerprint density at radius 3 is 2.02 bits per heavy atom. The minimum Gasteiger partial charge on any atom is -0.368 e. The number of para-hydroxylation sites is 1. The first-order chi connectivity index (χ1) is 19.5. The molecule has 4 heteroatoms. The fourth-order valence-electron chi connectivity index (χ4n) is 6.71. The van der Waals surface area contributed by atoms with Crippen LogP contribution in [-0.2, 0) is 10.2 Å². The number of nitrogens with zero attached hydrogens (tertiary/aromatic N) is 3. The number of hydrogen-bond acceptors (Lipinski definition) is 4. The number of rotatable bonds is 10. The molecule has 2 saturated heterocycles. The van der Waals surface area contributed by atoms with Gasteiger partial charge in [0.25, 0.3) is 0 Å². The maximum Gasteiger partial charge on any atom is 0.143 e. The monoisotopic (exact) mass is 535 g/mol. The number of hydrogen-bond donors (Lipinski definition) is 0. The molecule has 40 heavy (non-hydrogen) atoms. The van der Waals surface area contributed by atoms with Crippen molar-refractivity contribution in [3.05, 3.63) is 114 Å². The number of carbonyl (C=O) groups is 1. The summed E-state index contributed by atoms with van der Waals surface area (Å²) in [5.74, 6) is 2.00. The number of benzene rings is 3. The van der Waals surface area contributed by atoms with Crippen molar-refractivity contribution in [1.29, 1.82) is 0 Å². The van der Waals surface area contributed by atoms with Gasteiger partial charge in [0, 0.05) is 51.4 Å². The molecule has 2 heterocycles. The number of aryl methyl sites for hydroxylation is 1. The average Bonchev–Trinajstić information content (AvgIpc) is 3.02. The molecular weight excluding hydrogens is 490 g/mol. The predicted octanol–water partition coefficient (Wildman–Crippen LogP) is 7.17. The number of piperazine rings is 1. The standard InChI is InChI=1S/C36H45N3O/c1-29(32-15-6-4-7-16-32)14-12-20-35(40)36(33-17-8-5-9-18-33)21-23-37(24-22-36)31(3)38-25-27-39(28-26-38)34-19-11-10-13-30(34)2/h4-11,13,15-19,29H,3,12,14,20-28H2,1-2H3. The van der Waals surface area contributed by atoms with Crippen LogP contribution in [0.3, 0.4) is 0 Å². The minimum atomic E-state index is -0.391. The zero-order valence-corrected chi connectivity index (χ0v) is 24.4. The molecule has 3 aromatic rings. The second-order valence-electron chi connectivity index (χ2n) is 11.7. The van der Waals surface area contributed by atoms with Gasteiger partial charge in [-0.2, -0.15) is 0 Å². The van der Waals surface area contributed by atoms with Crippen molar-refractivity contribution < 1.29 is 4.79 Å². The van der Waals surface area contributed by atoms with Crippen LogP contribution in [0, 0.1) is 6.92 Å². The summed E-state index contributed by atoms with van der Waals surface area (Å²) in [5.41, 5.74) is 4.84. The second-order valence-corrected chi connectivity index (χ2v) is 11.7. The highest BCUT2D eigenvalue weighted by atomic mass is 16.1. The van der Waals surface area contributed by atoms with Crippen LogP contribution >= 0.6 is 0 Å². The number of Topliss-reactive ketones (excluding diaryl/α,β-unsaturated/α-hetero) is 1. The topological polar surface area (TPSA) is 26.8 Å². The lowest BCUT2D eigenvalue weighted by Crippen LogP contribution is -2.52. The fraction of sp³-hybridized carbons (Fsp3) is 0.417. The highest BCUT2D eigenvalue weighted by Gasteiger charge is 2.42. The summed E-state index contributed by atoms with van der Waals surface area (Å²) in [6.45, 7) is 14.7. The van der Waals surface area contributed by atoms with E-state index in [9.17, 15) is 4.79 Å². The Kier molecular flexibility index (Phi) is 8.94. The summed E-state index contributed by atoms with van der Waals surface area (Å²) >= 11 is 0. The van der Waals surface area contributed by atoms with Gasteiger partial charge in [0.15, 0.2) is 0 Å². The van der Waals surface area contributed by atoms with Crippen LogP contribution in [0.1, 0.15) is 61.6 Å². The first-order valence-corrected chi connectivity index (χ1v) is 15.1. The molecule has 5 rings (SSSR count). The molecule has 1 atom stereocenters.